The van der Waals surface area contributed by atoms with Crippen molar-refractivity contribution in [1.29, 1.82) is 5.26 Å². The average molecular weight is 396 g/mol. The van der Waals surface area contributed by atoms with E-state index in [9.17, 15) is 14.7 Å². The molecule has 152 valence electrons. The number of carboxylic acid groups (broad SMARTS) is 1. The van der Waals surface area contributed by atoms with Crippen molar-refractivity contribution in [1.82, 2.24) is 5.32 Å². The van der Waals surface area contributed by atoms with Crippen LogP contribution in [-0.2, 0) is 33.8 Å². The summed E-state index contributed by atoms with van der Waals surface area (Å²) in [6, 6.07) is 16.2. The number of ether oxygens (including phenoxy) is 2. The molecular weight excluding hydrogens is 372 g/mol. The van der Waals surface area contributed by atoms with Gasteiger partial charge in [-0.25, -0.2) is 9.59 Å². The van der Waals surface area contributed by atoms with Gasteiger partial charge in [-0.2, -0.15) is 5.26 Å². The Labute approximate surface area is 169 Å². The zero-order valence-corrected chi connectivity index (χ0v) is 16.4. The Balaban J connectivity index is 1.87. The van der Waals surface area contributed by atoms with E-state index in [1.165, 1.54) is 0 Å². The van der Waals surface area contributed by atoms with Crippen molar-refractivity contribution >= 4 is 12.1 Å². The van der Waals surface area contributed by atoms with Crippen molar-refractivity contribution in [2.24, 2.45) is 0 Å². The van der Waals surface area contributed by atoms with E-state index in [1.54, 1.807) is 44.2 Å². The molecule has 1 unspecified atom stereocenters. The van der Waals surface area contributed by atoms with Crippen molar-refractivity contribution in [3.8, 4) is 6.07 Å². The number of hydrogen-bond donors (Lipinski definition) is 2. The zero-order chi connectivity index (χ0) is 21.2. The van der Waals surface area contributed by atoms with Gasteiger partial charge in [-0.3, -0.25) is 0 Å². The van der Waals surface area contributed by atoms with E-state index in [2.05, 4.69) is 5.32 Å². The highest BCUT2D eigenvalue weighted by Gasteiger charge is 2.20. The van der Waals surface area contributed by atoms with Crippen LogP contribution < -0.4 is 5.32 Å². The van der Waals surface area contributed by atoms with Gasteiger partial charge < -0.3 is 19.9 Å². The number of nitrogens with one attached hydrogen (secondary N) is 1. The van der Waals surface area contributed by atoms with Gasteiger partial charge in [0.1, 0.15) is 6.61 Å². The van der Waals surface area contributed by atoms with Gasteiger partial charge in [0.05, 0.1) is 17.7 Å². The van der Waals surface area contributed by atoms with Crippen LogP contribution in [0.4, 0.5) is 4.79 Å². The molecule has 0 radical (unpaired) electrons. The summed E-state index contributed by atoms with van der Waals surface area (Å²) in [4.78, 5) is 23.3. The number of aliphatic carboxylic acids is 1. The Morgan fingerprint density at radius 2 is 1.79 bits per heavy atom. The number of benzene rings is 2. The van der Waals surface area contributed by atoms with E-state index >= 15 is 0 Å². The third kappa shape index (κ3) is 7.64. The summed E-state index contributed by atoms with van der Waals surface area (Å²) in [5, 5.41) is 20.8. The molecule has 0 spiro atoms. The first kappa shape index (κ1) is 21.9. The first-order valence-corrected chi connectivity index (χ1v) is 9.23. The molecule has 2 aromatic carbocycles. The molecule has 7 nitrogen and oxygen atoms in total. The standard InChI is InChI=1S/C22H24N2O5/c1-15(2)29-20(21(25)26)11-16-5-3-7-18(9-16)13-24-22(27)28-14-19-8-4-6-17(10-19)12-23/h3-10,15,20H,11,13-14H2,1-2H3,(H,24,27)(H,25,26). The summed E-state index contributed by atoms with van der Waals surface area (Å²) in [7, 11) is 0. The summed E-state index contributed by atoms with van der Waals surface area (Å²) in [6.45, 7) is 3.89. The SMILES string of the molecule is CC(C)OC(Cc1cccc(CNC(=O)OCc2cccc(C#N)c2)c1)C(=O)O. The lowest BCUT2D eigenvalue weighted by Crippen LogP contribution is -2.29. The van der Waals surface area contributed by atoms with E-state index in [1.807, 2.05) is 24.3 Å². The highest BCUT2D eigenvalue weighted by molar-refractivity contribution is 5.72. The molecule has 2 aromatic rings. The Hall–Kier alpha value is -3.37. The molecule has 0 bridgehead atoms. The predicted octanol–water partition coefficient (Wildman–Crippen LogP) is 3.41. The lowest BCUT2D eigenvalue weighted by molar-refractivity contribution is -0.153. The maximum atomic E-state index is 11.9. The van der Waals surface area contributed by atoms with Crippen molar-refractivity contribution in [2.45, 2.75) is 45.6 Å². The maximum Gasteiger partial charge on any atom is 0.407 e. The molecule has 1 amide bonds. The van der Waals surface area contributed by atoms with E-state index < -0.39 is 18.2 Å². The minimum Gasteiger partial charge on any atom is -0.479 e. The van der Waals surface area contributed by atoms with Crippen LogP contribution in [0, 0.1) is 11.3 Å². The lowest BCUT2D eigenvalue weighted by atomic mass is 10.0. The number of rotatable bonds is 9. The Morgan fingerprint density at radius 3 is 2.48 bits per heavy atom. The minimum absolute atomic E-state index is 0.0637. The summed E-state index contributed by atoms with van der Waals surface area (Å²) in [5.41, 5.74) is 2.86. The summed E-state index contributed by atoms with van der Waals surface area (Å²) >= 11 is 0. The molecule has 29 heavy (non-hydrogen) atoms. The molecule has 1 atom stereocenters. The molecule has 2 N–H and O–H groups in total. The number of hydrogen-bond acceptors (Lipinski definition) is 5. The number of alkyl carbamates (subject to hydrolysis) is 1. The largest absolute Gasteiger partial charge is 0.479 e. The second-order valence-corrected chi connectivity index (χ2v) is 6.78. The Morgan fingerprint density at radius 1 is 1.10 bits per heavy atom. The second kappa shape index (κ2) is 10.8. The van der Waals surface area contributed by atoms with E-state index in [0.717, 1.165) is 16.7 Å². The third-order valence-electron chi connectivity index (χ3n) is 3.99. The van der Waals surface area contributed by atoms with E-state index in [-0.39, 0.29) is 25.7 Å². The topological polar surface area (TPSA) is 109 Å². The number of nitriles is 1. The normalized spacial score (nSPS) is 11.5. The first-order chi connectivity index (χ1) is 13.9. The molecule has 0 aliphatic heterocycles. The Bertz CT molecular complexity index is 889. The van der Waals surface area contributed by atoms with Gasteiger partial charge in [0, 0.05) is 13.0 Å². The maximum absolute atomic E-state index is 11.9. The van der Waals surface area contributed by atoms with Gasteiger partial charge in [0.2, 0.25) is 0 Å². The quantitative estimate of drug-likeness (QED) is 0.672. The fourth-order valence-corrected chi connectivity index (χ4v) is 2.71. The fraction of sp³-hybridized carbons (Fsp3) is 0.318. The molecule has 0 aliphatic rings. The number of carbonyl (C=O) groups is 2. The van der Waals surface area contributed by atoms with Crippen LogP contribution in [-0.4, -0.2) is 29.4 Å². The monoisotopic (exact) mass is 396 g/mol. The molecule has 0 fully saturated rings. The molecule has 2 rings (SSSR count). The van der Waals surface area contributed by atoms with E-state index in [4.69, 9.17) is 14.7 Å². The van der Waals surface area contributed by atoms with Crippen LogP contribution in [0.2, 0.25) is 0 Å². The van der Waals surface area contributed by atoms with Gasteiger partial charge in [-0.1, -0.05) is 36.4 Å². The Kier molecular flexibility index (Phi) is 8.19. The van der Waals surface area contributed by atoms with Crippen molar-refractivity contribution < 1.29 is 24.2 Å². The first-order valence-electron chi connectivity index (χ1n) is 9.23. The third-order valence-corrected chi connectivity index (χ3v) is 3.99. The smallest absolute Gasteiger partial charge is 0.407 e. The number of carboxylic acids is 1. The van der Waals surface area contributed by atoms with Gasteiger partial charge >= 0.3 is 12.1 Å². The minimum atomic E-state index is -1.01. The summed E-state index contributed by atoms with van der Waals surface area (Å²) < 4.78 is 10.6. The highest BCUT2D eigenvalue weighted by Crippen LogP contribution is 2.12. The van der Waals surface area contributed by atoms with Gasteiger partial charge in [-0.05, 0) is 42.7 Å². The number of nitrogens with zero attached hydrogens (tertiary/aromatic N) is 1. The predicted molar refractivity (Wildman–Crippen MR) is 106 cm³/mol. The van der Waals surface area contributed by atoms with Crippen LogP contribution >= 0.6 is 0 Å². The molecule has 0 saturated carbocycles. The summed E-state index contributed by atoms with van der Waals surface area (Å²) in [6.07, 6.45) is -1.46. The van der Waals surface area contributed by atoms with Crippen molar-refractivity contribution in [3.63, 3.8) is 0 Å². The average Bonchev–Trinajstić information content (AvgIpc) is 2.70. The summed E-state index contributed by atoms with van der Waals surface area (Å²) in [5.74, 6) is -1.01. The van der Waals surface area contributed by atoms with Gasteiger partial charge in [0.25, 0.3) is 0 Å². The van der Waals surface area contributed by atoms with E-state index in [0.29, 0.717) is 5.56 Å². The molecule has 0 saturated heterocycles. The molecule has 7 heteroatoms. The van der Waals surface area contributed by atoms with Crippen molar-refractivity contribution in [3.05, 3.63) is 70.8 Å². The van der Waals surface area contributed by atoms with Gasteiger partial charge in [-0.15, -0.1) is 0 Å². The van der Waals surface area contributed by atoms with Crippen LogP contribution in [0.3, 0.4) is 0 Å². The van der Waals surface area contributed by atoms with Gasteiger partial charge in [0.15, 0.2) is 6.10 Å². The zero-order valence-electron chi connectivity index (χ0n) is 16.4. The van der Waals surface area contributed by atoms with Crippen molar-refractivity contribution in [2.75, 3.05) is 0 Å². The van der Waals surface area contributed by atoms with Crippen LogP contribution in [0.15, 0.2) is 48.5 Å². The van der Waals surface area contributed by atoms with Crippen LogP contribution in [0.25, 0.3) is 0 Å². The van der Waals surface area contributed by atoms with Crippen LogP contribution in [0.1, 0.15) is 36.1 Å². The highest BCUT2D eigenvalue weighted by atomic mass is 16.5. The molecular formula is C22H24N2O5. The fourth-order valence-electron chi connectivity index (χ4n) is 2.71. The number of amides is 1. The molecule has 0 aliphatic carbocycles. The molecule has 0 heterocycles. The molecule has 0 aromatic heterocycles. The number of carbonyl (C=O) groups excluding carboxylic acids is 1. The second-order valence-electron chi connectivity index (χ2n) is 6.78. The van der Waals surface area contributed by atoms with Crippen LogP contribution in [0.5, 0.6) is 0 Å². The lowest BCUT2D eigenvalue weighted by Gasteiger charge is -2.17.